The average Bonchev–Trinajstić information content (AvgIpc) is 3.71. The standard InChI is InChI=1S/C49H37N5O.Pt/c1-28-21-30(3)45(31(4)22-28)47-48(46-32(5)23-29(2)24-33(46)6)54-41-16-10-8-14-36(41)39-27-51-44(26-38(39)49(54)52-47)55-34-18-19-37-35-13-7-9-15-40(35)53(42(37)25-34)43-17-11-12-20-50-43;/h7-24,27H,1-6H3;/q-2;+2. The molecule has 0 fully saturated rings. The van der Waals surface area contributed by atoms with Gasteiger partial charge in [0.15, 0.2) is 5.88 Å². The third-order valence-electron chi connectivity index (χ3n) is 10.8. The van der Waals surface area contributed by atoms with Gasteiger partial charge in [-0.05, 0) is 105 Å². The maximum absolute atomic E-state index is 6.56. The molecule has 0 saturated heterocycles. The third-order valence-corrected chi connectivity index (χ3v) is 10.8. The van der Waals surface area contributed by atoms with E-state index in [-0.39, 0.29) is 21.1 Å². The fourth-order valence-electron chi connectivity index (χ4n) is 8.82. The molecule has 5 aromatic heterocycles. The van der Waals surface area contributed by atoms with Crippen molar-refractivity contribution >= 4 is 49.1 Å². The van der Waals surface area contributed by atoms with Gasteiger partial charge in [-0.1, -0.05) is 88.8 Å². The minimum Gasteiger partial charge on any atom is -0.477 e. The minimum absolute atomic E-state index is 0. The number of hydrogen-bond acceptors (Lipinski definition) is 4. The summed E-state index contributed by atoms with van der Waals surface area (Å²) in [6.07, 6.45) is 3.70. The van der Waals surface area contributed by atoms with E-state index in [0.29, 0.717) is 11.6 Å². The zero-order valence-corrected chi connectivity index (χ0v) is 34.2. The first-order chi connectivity index (χ1) is 26.7. The Bertz CT molecular complexity index is 3150. The van der Waals surface area contributed by atoms with Crippen molar-refractivity contribution in [2.75, 3.05) is 0 Å². The van der Waals surface area contributed by atoms with Crippen LogP contribution in [0.4, 0.5) is 0 Å². The van der Waals surface area contributed by atoms with Crippen molar-refractivity contribution in [2.24, 2.45) is 0 Å². The van der Waals surface area contributed by atoms with Crippen LogP contribution in [0.1, 0.15) is 33.4 Å². The maximum atomic E-state index is 6.56. The van der Waals surface area contributed by atoms with Gasteiger partial charge in [0.1, 0.15) is 5.82 Å². The average molecular weight is 907 g/mol. The summed E-state index contributed by atoms with van der Waals surface area (Å²) in [4.78, 5) is 15.1. The number of para-hydroxylation sites is 2. The first kappa shape index (κ1) is 35.6. The Morgan fingerprint density at radius 3 is 1.89 bits per heavy atom. The van der Waals surface area contributed by atoms with Gasteiger partial charge in [-0.15, -0.1) is 29.0 Å². The van der Waals surface area contributed by atoms with E-state index in [0.717, 1.165) is 71.9 Å². The third kappa shape index (κ3) is 5.54. The van der Waals surface area contributed by atoms with Crippen LogP contribution in [0.15, 0.2) is 116 Å². The second-order valence-corrected chi connectivity index (χ2v) is 14.7. The number of aromatic nitrogens is 5. The molecule has 0 spiro atoms. The van der Waals surface area contributed by atoms with Gasteiger partial charge in [0.2, 0.25) is 0 Å². The predicted octanol–water partition coefficient (Wildman–Crippen LogP) is 12.1. The van der Waals surface area contributed by atoms with Crippen molar-refractivity contribution < 1.29 is 25.8 Å². The molecule has 0 amide bonds. The van der Waals surface area contributed by atoms with E-state index in [1.54, 1.807) is 0 Å². The van der Waals surface area contributed by atoms with E-state index >= 15 is 0 Å². The molecule has 0 N–H and O–H groups in total. The molecule has 0 saturated carbocycles. The van der Waals surface area contributed by atoms with E-state index < -0.39 is 0 Å². The van der Waals surface area contributed by atoms with Crippen LogP contribution in [0.2, 0.25) is 0 Å². The fourth-order valence-corrected chi connectivity index (χ4v) is 8.82. The summed E-state index contributed by atoms with van der Waals surface area (Å²) in [5.41, 5.74) is 15.5. The van der Waals surface area contributed by atoms with Crippen molar-refractivity contribution in [3.05, 3.63) is 161 Å². The van der Waals surface area contributed by atoms with E-state index in [4.69, 9.17) is 14.7 Å². The molecule has 5 aromatic carbocycles. The van der Waals surface area contributed by atoms with Crippen LogP contribution >= 0.6 is 0 Å². The Labute approximate surface area is 339 Å². The second-order valence-electron chi connectivity index (χ2n) is 14.7. The molecule has 0 bridgehead atoms. The zero-order valence-electron chi connectivity index (χ0n) is 31.9. The van der Waals surface area contributed by atoms with Gasteiger partial charge in [-0.25, -0.2) is 9.97 Å². The summed E-state index contributed by atoms with van der Waals surface area (Å²) in [5, 5.41) is 5.06. The summed E-state index contributed by atoms with van der Waals surface area (Å²) in [6.45, 7) is 13.1. The topological polar surface area (TPSA) is 57.2 Å². The largest absolute Gasteiger partial charge is 2.00 e. The van der Waals surface area contributed by atoms with Crippen molar-refractivity contribution in [1.82, 2.24) is 23.9 Å². The Hall–Kier alpha value is -6.10. The summed E-state index contributed by atoms with van der Waals surface area (Å²) in [5.74, 6) is 1.70. The second kappa shape index (κ2) is 13.6. The predicted molar refractivity (Wildman–Crippen MR) is 224 cm³/mol. The van der Waals surface area contributed by atoms with Crippen molar-refractivity contribution in [3.8, 4) is 40.0 Å². The van der Waals surface area contributed by atoms with Gasteiger partial charge in [0.05, 0.1) is 11.4 Å². The molecule has 7 heteroatoms. The zero-order chi connectivity index (χ0) is 37.5. The Morgan fingerprint density at radius 1 is 0.589 bits per heavy atom. The number of nitrogens with zero attached hydrogens (tertiary/aromatic N) is 5. The molecule has 0 aliphatic carbocycles. The molecule has 5 heterocycles. The van der Waals surface area contributed by atoms with E-state index in [1.165, 1.54) is 38.9 Å². The van der Waals surface area contributed by atoms with Gasteiger partial charge in [-0.2, -0.15) is 6.07 Å². The Balaban J connectivity index is 0.00000410. The normalized spacial score (nSPS) is 11.6. The number of rotatable bonds is 5. The first-order valence-corrected chi connectivity index (χ1v) is 18.6. The van der Waals surface area contributed by atoms with Crippen molar-refractivity contribution in [3.63, 3.8) is 0 Å². The Kier molecular flexibility index (Phi) is 8.63. The summed E-state index contributed by atoms with van der Waals surface area (Å²) < 4.78 is 11.0. The van der Waals surface area contributed by atoms with Gasteiger partial charge in [-0.3, -0.25) is 4.98 Å². The van der Waals surface area contributed by atoms with Gasteiger partial charge < -0.3 is 13.7 Å². The molecular formula is C49H37N5OPt. The summed E-state index contributed by atoms with van der Waals surface area (Å²) >= 11 is 0. The van der Waals surface area contributed by atoms with Gasteiger partial charge >= 0.3 is 21.1 Å². The molecular weight excluding hydrogens is 870 g/mol. The van der Waals surface area contributed by atoms with Gasteiger partial charge in [0.25, 0.3) is 0 Å². The minimum atomic E-state index is 0. The molecule has 0 radical (unpaired) electrons. The monoisotopic (exact) mass is 906 g/mol. The SMILES string of the molecule is Cc1cc(C)c(-c2nc3c4[c-]c(Oc5[c-]c6c(cc5)c5ccccc5n6-c5ccccn5)ncc4c4ccccc4n3c2-c2c(C)cc(C)cc2C)c(C)c1.[Pt+2]. The molecule has 274 valence electrons. The number of hydrogen-bond donors (Lipinski definition) is 0. The van der Waals surface area contributed by atoms with E-state index in [9.17, 15) is 0 Å². The molecule has 0 atom stereocenters. The van der Waals surface area contributed by atoms with E-state index in [1.807, 2.05) is 42.7 Å². The fraction of sp³-hybridized carbons (Fsp3) is 0.122. The number of pyridine rings is 3. The number of ether oxygens (including phenoxy) is 1. The number of fused-ring (bicyclic) bond motifs is 9. The molecule has 6 nitrogen and oxygen atoms in total. The number of benzene rings is 5. The molecule has 56 heavy (non-hydrogen) atoms. The molecule has 10 rings (SSSR count). The van der Waals surface area contributed by atoms with Crippen LogP contribution in [-0.4, -0.2) is 23.9 Å². The van der Waals surface area contributed by atoms with Crippen molar-refractivity contribution in [1.29, 1.82) is 0 Å². The van der Waals surface area contributed by atoms with Crippen LogP contribution in [0.3, 0.4) is 0 Å². The Morgan fingerprint density at radius 2 is 1.21 bits per heavy atom. The van der Waals surface area contributed by atoms with E-state index in [2.05, 4.69) is 140 Å². The summed E-state index contributed by atoms with van der Waals surface area (Å²) in [7, 11) is 0. The number of aryl methyl sites for hydroxylation is 6. The molecule has 0 aliphatic rings. The molecule has 0 unspecified atom stereocenters. The smallest absolute Gasteiger partial charge is 0.477 e. The quantitative estimate of drug-likeness (QED) is 0.128. The van der Waals surface area contributed by atoms with Crippen LogP contribution in [-0.2, 0) is 21.1 Å². The van der Waals surface area contributed by atoms with Crippen molar-refractivity contribution in [2.45, 2.75) is 41.5 Å². The van der Waals surface area contributed by atoms with Crippen LogP contribution in [0.5, 0.6) is 11.6 Å². The maximum Gasteiger partial charge on any atom is 2.00 e. The molecule has 0 aliphatic heterocycles. The first-order valence-electron chi connectivity index (χ1n) is 18.6. The van der Waals surface area contributed by atoms with Crippen LogP contribution in [0, 0.1) is 53.7 Å². The van der Waals surface area contributed by atoms with Crippen LogP contribution in [0.25, 0.3) is 77.5 Å². The molecule has 10 aromatic rings. The number of imidazole rings is 1. The van der Waals surface area contributed by atoms with Gasteiger partial charge in [0, 0.05) is 39.8 Å². The van der Waals surface area contributed by atoms with Crippen LogP contribution < -0.4 is 4.74 Å². The summed E-state index contributed by atoms with van der Waals surface area (Å²) in [6, 6.07) is 43.0.